The quantitative estimate of drug-likeness (QED) is 0.897. The van der Waals surface area contributed by atoms with Crippen LogP contribution < -0.4 is 0 Å². The maximum atomic E-state index is 10.2. The molecule has 0 spiro atoms. The lowest BCUT2D eigenvalue weighted by Gasteiger charge is -2.38. The zero-order valence-corrected chi connectivity index (χ0v) is 12.4. The highest BCUT2D eigenvalue weighted by atomic mass is 35.5. The van der Waals surface area contributed by atoms with E-state index in [1.54, 1.807) is 6.07 Å². The van der Waals surface area contributed by atoms with E-state index in [1.807, 2.05) is 32.3 Å². The van der Waals surface area contributed by atoms with Crippen LogP contribution in [0.4, 0.5) is 0 Å². The molecular weight excluding hydrogens is 262 g/mol. The summed E-state index contributed by atoms with van der Waals surface area (Å²) in [6.07, 6.45) is 4.03. The fraction of sp³-hybridized carbons (Fsp3) is 0.600. The topological polar surface area (TPSA) is 43.7 Å². The third-order valence-electron chi connectivity index (χ3n) is 3.96. The second kappa shape index (κ2) is 7.13. The number of aromatic hydroxyl groups is 1. The van der Waals surface area contributed by atoms with Crippen molar-refractivity contribution in [3.8, 4) is 5.75 Å². The Hall–Kier alpha value is -0.770. The van der Waals surface area contributed by atoms with E-state index in [1.165, 1.54) is 6.42 Å². The molecule has 1 fully saturated rings. The predicted octanol–water partition coefficient (Wildman–Crippen LogP) is 2.97. The SMILES string of the molecule is CN(C)[C@@H](c1cccc(O)c1)[C@H]1CCCC[C@H]1O.Cl. The van der Waals surface area contributed by atoms with E-state index in [2.05, 4.69) is 4.90 Å². The highest BCUT2D eigenvalue weighted by Gasteiger charge is 2.32. The summed E-state index contributed by atoms with van der Waals surface area (Å²) in [5.41, 5.74) is 1.09. The van der Waals surface area contributed by atoms with Gasteiger partial charge in [0.2, 0.25) is 0 Å². The number of hydrogen-bond acceptors (Lipinski definition) is 3. The molecule has 1 aliphatic carbocycles. The monoisotopic (exact) mass is 285 g/mol. The second-order valence-corrected chi connectivity index (χ2v) is 5.52. The zero-order chi connectivity index (χ0) is 13.1. The third kappa shape index (κ3) is 3.85. The summed E-state index contributed by atoms with van der Waals surface area (Å²) in [5, 5.41) is 19.9. The minimum atomic E-state index is -0.228. The van der Waals surface area contributed by atoms with Gasteiger partial charge in [-0.2, -0.15) is 0 Å². The largest absolute Gasteiger partial charge is 0.508 e. The first-order valence-corrected chi connectivity index (χ1v) is 6.73. The van der Waals surface area contributed by atoms with Crippen molar-refractivity contribution < 1.29 is 10.2 Å². The van der Waals surface area contributed by atoms with Gasteiger partial charge in [0.15, 0.2) is 0 Å². The standard InChI is InChI=1S/C15H23NO2.ClH/c1-16(2)15(11-6-5-7-12(17)10-11)13-8-3-4-9-14(13)18;/h5-7,10,13-15,17-18H,3-4,8-9H2,1-2H3;1H/t13-,14+,15-;/m0./s1. The Morgan fingerprint density at radius 3 is 2.47 bits per heavy atom. The van der Waals surface area contributed by atoms with Crippen LogP contribution in [0.1, 0.15) is 37.3 Å². The number of aliphatic hydroxyl groups is 1. The van der Waals surface area contributed by atoms with Gasteiger partial charge in [-0.1, -0.05) is 25.0 Å². The summed E-state index contributed by atoms with van der Waals surface area (Å²) in [4.78, 5) is 2.15. The smallest absolute Gasteiger partial charge is 0.115 e. The molecule has 0 aromatic heterocycles. The molecule has 0 saturated heterocycles. The van der Waals surface area contributed by atoms with E-state index in [9.17, 15) is 10.2 Å². The highest BCUT2D eigenvalue weighted by Crippen LogP contribution is 2.38. The van der Waals surface area contributed by atoms with Crippen molar-refractivity contribution in [2.45, 2.75) is 37.8 Å². The number of hydrogen-bond donors (Lipinski definition) is 2. The molecule has 4 heteroatoms. The van der Waals surface area contributed by atoms with Gasteiger partial charge in [0, 0.05) is 12.0 Å². The first kappa shape index (κ1) is 16.3. The summed E-state index contributed by atoms with van der Waals surface area (Å²) >= 11 is 0. The van der Waals surface area contributed by atoms with Crippen molar-refractivity contribution in [1.82, 2.24) is 4.90 Å². The van der Waals surface area contributed by atoms with Crippen LogP contribution in [0.5, 0.6) is 5.75 Å². The Labute approximate surface area is 121 Å². The van der Waals surface area contributed by atoms with Crippen molar-refractivity contribution in [1.29, 1.82) is 0 Å². The van der Waals surface area contributed by atoms with E-state index >= 15 is 0 Å². The number of nitrogens with zero attached hydrogens (tertiary/aromatic N) is 1. The second-order valence-electron chi connectivity index (χ2n) is 5.52. The van der Waals surface area contributed by atoms with E-state index in [0.717, 1.165) is 24.8 Å². The molecule has 3 atom stereocenters. The van der Waals surface area contributed by atoms with Crippen LogP contribution in [0.3, 0.4) is 0 Å². The molecule has 1 aromatic carbocycles. The fourth-order valence-corrected chi connectivity index (χ4v) is 3.15. The highest BCUT2D eigenvalue weighted by molar-refractivity contribution is 5.85. The van der Waals surface area contributed by atoms with Crippen molar-refractivity contribution in [3.63, 3.8) is 0 Å². The number of rotatable bonds is 3. The van der Waals surface area contributed by atoms with Crippen LogP contribution >= 0.6 is 12.4 Å². The molecule has 108 valence electrons. The summed E-state index contributed by atoms with van der Waals surface area (Å²) in [6.45, 7) is 0. The van der Waals surface area contributed by atoms with Crippen LogP contribution in [0, 0.1) is 5.92 Å². The predicted molar refractivity (Wildman–Crippen MR) is 79.7 cm³/mol. The molecule has 2 rings (SSSR count). The maximum absolute atomic E-state index is 10.2. The molecule has 0 amide bonds. The summed E-state index contributed by atoms with van der Waals surface area (Å²) in [6, 6.07) is 7.58. The van der Waals surface area contributed by atoms with Crippen LogP contribution in [-0.4, -0.2) is 35.3 Å². The molecule has 0 unspecified atom stereocenters. The number of phenolic OH excluding ortho intramolecular Hbond substituents is 1. The van der Waals surface area contributed by atoms with Crippen molar-refractivity contribution in [2.75, 3.05) is 14.1 Å². The third-order valence-corrected chi connectivity index (χ3v) is 3.96. The lowest BCUT2D eigenvalue weighted by molar-refractivity contribution is 0.0220. The Kier molecular flexibility index (Phi) is 6.11. The van der Waals surface area contributed by atoms with Gasteiger partial charge in [0.25, 0.3) is 0 Å². The molecular formula is C15H24ClNO2. The van der Waals surface area contributed by atoms with Gasteiger partial charge in [-0.25, -0.2) is 0 Å². The Balaban J connectivity index is 0.00000180. The van der Waals surface area contributed by atoms with Crippen molar-refractivity contribution in [2.24, 2.45) is 5.92 Å². The Bertz CT molecular complexity index is 397. The number of benzene rings is 1. The minimum Gasteiger partial charge on any atom is -0.508 e. The molecule has 1 aliphatic rings. The molecule has 0 aliphatic heterocycles. The molecule has 0 radical (unpaired) electrons. The van der Waals surface area contributed by atoms with Crippen molar-refractivity contribution >= 4 is 12.4 Å². The van der Waals surface area contributed by atoms with Crippen LogP contribution in [0.25, 0.3) is 0 Å². The fourth-order valence-electron chi connectivity index (χ4n) is 3.15. The van der Waals surface area contributed by atoms with Crippen LogP contribution in [0.2, 0.25) is 0 Å². The number of aliphatic hydroxyl groups excluding tert-OH is 1. The van der Waals surface area contributed by atoms with Gasteiger partial charge in [0.1, 0.15) is 5.75 Å². The lowest BCUT2D eigenvalue weighted by Crippen LogP contribution is -2.36. The molecule has 19 heavy (non-hydrogen) atoms. The summed E-state index contributed by atoms with van der Waals surface area (Å²) in [7, 11) is 4.08. The first-order chi connectivity index (χ1) is 8.59. The first-order valence-electron chi connectivity index (χ1n) is 6.73. The molecule has 3 nitrogen and oxygen atoms in total. The van der Waals surface area contributed by atoms with Gasteiger partial charge >= 0.3 is 0 Å². The van der Waals surface area contributed by atoms with E-state index in [0.29, 0.717) is 5.75 Å². The number of halogens is 1. The van der Waals surface area contributed by atoms with Gasteiger partial charge in [-0.15, -0.1) is 12.4 Å². The van der Waals surface area contributed by atoms with Gasteiger partial charge in [-0.05, 0) is 44.6 Å². The number of phenols is 1. The average Bonchev–Trinajstić information content (AvgIpc) is 2.32. The van der Waals surface area contributed by atoms with E-state index < -0.39 is 0 Å². The van der Waals surface area contributed by atoms with Crippen molar-refractivity contribution in [3.05, 3.63) is 29.8 Å². The molecule has 1 aromatic rings. The van der Waals surface area contributed by atoms with Crippen LogP contribution in [0.15, 0.2) is 24.3 Å². The normalized spacial score (nSPS) is 24.8. The summed E-state index contributed by atoms with van der Waals surface area (Å²) < 4.78 is 0. The minimum absolute atomic E-state index is 0. The van der Waals surface area contributed by atoms with E-state index in [-0.39, 0.29) is 30.5 Å². The molecule has 2 N–H and O–H groups in total. The molecule has 1 saturated carbocycles. The Morgan fingerprint density at radius 2 is 1.89 bits per heavy atom. The van der Waals surface area contributed by atoms with Gasteiger partial charge in [-0.3, -0.25) is 0 Å². The lowest BCUT2D eigenvalue weighted by atomic mass is 9.78. The maximum Gasteiger partial charge on any atom is 0.115 e. The zero-order valence-electron chi connectivity index (χ0n) is 11.6. The average molecular weight is 286 g/mol. The molecule has 0 bridgehead atoms. The summed E-state index contributed by atoms with van der Waals surface area (Å²) in [5.74, 6) is 0.556. The van der Waals surface area contributed by atoms with Gasteiger partial charge < -0.3 is 15.1 Å². The van der Waals surface area contributed by atoms with E-state index in [4.69, 9.17) is 0 Å². The van der Waals surface area contributed by atoms with Gasteiger partial charge in [0.05, 0.1) is 6.10 Å². The molecule has 0 heterocycles. The Morgan fingerprint density at radius 1 is 1.21 bits per heavy atom. The van der Waals surface area contributed by atoms with Crippen LogP contribution in [-0.2, 0) is 0 Å².